The second-order valence-corrected chi connectivity index (χ2v) is 5.86. The molecule has 2 aromatic rings. The van der Waals surface area contributed by atoms with Gasteiger partial charge in [-0.05, 0) is 31.2 Å². The van der Waals surface area contributed by atoms with Gasteiger partial charge in [0.25, 0.3) is 10.9 Å². The molecular weight excluding hydrogens is 316 g/mol. The van der Waals surface area contributed by atoms with Crippen molar-refractivity contribution in [2.45, 2.75) is 12.2 Å². The summed E-state index contributed by atoms with van der Waals surface area (Å²) in [5.74, 6) is 0.993. The Hall–Kier alpha value is -2.25. The summed E-state index contributed by atoms with van der Waals surface area (Å²) in [6.45, 7) is 1.98. The summed E-state index contributed by atoms with van der Waals surface area (Å²) in [6, 6.07) is 13.2. The Kier molecular flexibility index (Phi) is 5.12. The van der Waals surface area contributed by atoms with Crippen molar-refractivity contribution in [2.24, 2.45) is 0 Å². The number of benzene rings is 2. The first-order valence-corrected chi connectivity index (χ1v) is 7.41. The van der Waals surface area contributed by atoms with E-state index in [2.05, 4.69) is 0 Å². The first-order chi connectivity index (χ1) is 10.8. The third-order valence-electron chi connectivity index (χ3n) is 3.19. The van der Waals surface area contributed by atoms with Crippen molar-refractivity contribution < 1.29 is 19.3 Å². The minimum absolute atomic E-state index is 0.0102. The Morgan fingerprint density at radius 1 is 1.00 bits per heavy atom. The molecule has 1 unspecified atom stereocenters. The molecule has 0 aliphatic carbocycles. The van der Waals surface area contributed by atoms with Gasteiger partial charge in [0.05, 0.1) is 19.0 Å². The van der Waals surface area contributed by atoms with E-state index >= 15 is 0 Å². The summed E-state index contributed by atoms with van der Waals surface area (Å²) in [4.78, 5) is 11.0. The highest BCUT2D eigenvalue weighted by molar-refractivity contribution is 7.59. The van der Waals surface area contributed by atoms with Crippen molar-refractivity contribution >= 4 is 18.3 Å². The highest BCUT2D eigenvalue weighted by Gasteiger charge is 2.27. The van der Waals surface area contributed by atoms with Crippen LogP contribution in [0, 0.1) is 17.0 Å². The molecule has 0 aromatic heterocycles. The van der Waals surface area contributed by atoms with Crippen LogP contribution in [0.4, 0.5) is 5.69 Å². The standard InChI is InChI=1S/C16H18N2O4S/c1-12-4-8-14(9-5-12)21-16(23,17(2)3)22-15-10-6-13(7-11-15)18(19)20/h4-11,23H,1-3H3. The van der Waals surface area contributed by atoms with Gasteiger partial charge in [0.1, 0.15) is 11.5 Å². The normalized spacial score (nSPS) is 13.4. The molecular formula is C16H18N2O4S. The van der Waals surface area contributed by atoms with Gasteiger partial charge in [0, 0.05) is 12.1 Å². The molecule has 122 valence electrons. The molecule has 2 aromatic carbocycles. The van der Waals surface area contributed by atoms with Crippen molar-refractivity contribution in [3.05, 3.63) is 64.2 Å². The number of nitrogens with zero attached hydrogens (tertiary/aromatic N) is 1. The van der Waals surface area contributed by atoms with E-state index < -0.39 is 10.2 Å². The van der Waals surface area contributed by atoms with Gasteiger partial charge in [-0.25, -0.2) is 0 Å². The van der Waals surface area contributed by atoms with Crippen LogP contribution in [0.15, 0.2) is 48.5 Å². The van der Waals surface area contributed by atoms with Gasteiger partial charge < -0.3 is 22.1 Å². The van der Waals surface area contributed by atoms with E-state index in [-0.39, 0.29) is 5.69 Å². The van der Waals surface area contributed by atoms with Crippen LogP contribution in [-0.4, -0.2) is 24.3 Å². The predicted molar refractivity (Wildman–Crippen MR) is 88.4 cm³/mol. The lowest BCUT2D eigenvalue weighted by Crippen LogP contribution is -3.17. The second kappa shape index (κ2) is 6.89. The van der Waals surface area contributed by atoms with Crippen LogP contribution in [0.1, 0.15) is 5.56 Å². The van der Waals surface area contributed by atoms with Crippen LogP contribution >= 0.6 is 0 Å². The zero-order valence-corrected chi connectivity index (χ0v) is 13.9. The van der Waals surface area contributed by atoms with E-state index in [1.165, 1.54) is 24.3 Å². The summed E-state index contributed by atoms with van der Waals surface area (Å²) in [5.41, 5.74) is 1.10. The van der Waals surface area contributed by atoms with Crippen molar-refractivity contribution in [3.8, 4) is 11.5 Å². The maximum atomic E-state index is 10.7. The predicted octanol–water partition coefficient (Wildman–Crippen LogP) is 1.66. The third kappa shape index (κ3) is 4.37. The number of hydrogen-bond acceptors (Lipinski definition) is 5. The lowest BCUT2D eigenvalue weighted by molar-refractivity contribution is -0.941. The summed E-state index contributed by atoms with van der Waals surface area (Å²) in [7, 11) is 3.62. The van der Waals surface area contributed by atoms with Gasteiger partial charge in [-0.3, -0.25) is 15.0 Å². The summed E-state index contributed by atoms with van der Waals surface area (Å²) in [6.07, 6.45) is 0. The lowest BCUT2D eigenvalue weighted by Gasteiger charge is -2.41. The Morgan fingerprint density at radius 2 is 1.43 bits per heavy atom. The lowest BCUT2D eigenvalue weighted by atomic mass is 10.2. The van der Waals surface area contributed by atoms with Gasteiger partial charge >= 0.3 is 0 Å². The molecule has 0 saturated carbocycles. The van der Waals surface area contributed by atoms with Gasteiger partial charge in [-0.15, -0.1) is 0 Å². The van der Waals surface area contributed by atoms with Gasteiger partial charge in [-0.2, -0.15) is 0 Å². The molecule has 0 saturated heterocycles. The van der Waals surface area contributed by atoms with Crippen LogP contribution in [0.3, 0.4) is 0 Å². The van der Waals surface area contributed by atoms with Crippen LogP contribution in [0.5, 0.6) is 11.5 Å². The van der Waals surface area contributed by atoms with Gasteiger partial charge in [-0.1, -0.05) is 17.7 Å². The minimum atomic E-state index is -1.38. The van der Waals surface area contributed by atoms with Gasteiger partial charge in [0.2, 0.25) is 0 Å². The van der Waals surface area contributed by atoms with E-state index in [4.69, 9.17) is 22.1 Å². The average Bonchev–Trinajstić information content (AvgIpc) is 2.50. The van der Waals surface area contributed by atoms with Crippen LogP contribution in [-0.2, 0) is 12.6 Å². The van der Waals surface area contributed by atoms with Crippen LogP contribution in [0.25, 0.3) is 0 Å². The number of aryl methyl sites for hydroxylation is 1. The largest absolute Gasteiger partial charge is 0.626 e. The van der Waals surface area contributed by atoms with Crippen molar-refractivity contribution in [2.75, 3.05) is 14.1 Å². The Morgan fingerprint density at radius 3 is 1.83 bits per heavy atom. The number of hydrogen-bond donors (Lipinski definition) is 1. The van der Waals surface area contributed by atoms with E-state index in [9.17, 15) is 10.1 Å². The molecule has 23 heavy (non-hydrogen) atoms. The molecule has 0 aliphatic rings. The number of rotatable bonds is 6. The summed E-state index contributed by atoms with van der Waals surface area (Å²) < 4.78 is 11.6. The zero-order valence-electron chi connectivity index (χ0n) is 13.1. The Labute approximate surface area is 140 Å². The number of ether oxygens (including phenoxy) is 2. The molecule has 7 heteroatoms. The summed E-state index contributed by atoms with van der Waals surface area (Å²) >= 11 is 5.49. The molecule has 0 spiro atoms. The van der Waals surface area contributed by atoms with E-state index in [0.717, 1.165) is 10.5 Å². The number of nitro benzene ring substituents is 1. The number of non-ortho nitro benzene ring substituents is 1. The first-order valence-electron chi connectivity index (χ1n) is 7.00. The molecule has 1 atom stereocenters. The molecule has 1 N–H and O–H groups in total. The SMILES string of the molecule is Cc1ccc(OC([S-])(Oc2ccc([N+](=O)[O-])cc2)[NH+](C)C)cc1. The smallest absolute Gasteiger partial charge is 0.285 e. The molecule has 0 aliphatic heterocycles. The van der Waals surface area contributed by atoms with Crippen molar-refractivity contribution in [1.82, 2.24) is 0 Å². The third-order valence-corrected chi connectivity index (χ3v) is 3.76. The van der Waals surface area contributed by atoms with Crippen molar-refractivity contribution in [1.29, 1.82) is 0 Å². The van der Waals surface area contributed by atoms with Crippen LogP contribution in [0.2, 0.25) is 0 Å². The molecule has 0 amide bonds. The second-order valence-electron chi connectivity index (χ2n) is 5.32. The quantitative estimate of drug-likeness (QED) is 0.377. The fraction of sp³-hybridized carbons (Fsp3) is 0.250. The Balaban J connectivity index is 2.19. The number of nitrogens with one attached hydrogen (secondary N) is 1. The fourth-order valence-electron chi connectivity index (χ4n) is 1.78. The molecule has 0 fully saturated rings. The first kappa shape index (κ1) is 17.1. The van der Waals surface area contributed by atoms with E-state index in [1.807, 2.05) is 45.3 Å². The maximum absolute atomic E-state index is 10.7. The monoisotopic (exact) mass is 334 g/mol. The minimum Gasteiger partial charge on any atom is -0.626 e. The molecule has 0 radical (unpaired) electrons. The Bertz CT molecular complexity index is 673. The van der Waals surface area contributed by atoms with Crippen molar-refractivity contribution in [3.63, 3.8) is 0 Å². The molecule has 0 bridgehead atoms. The number of nitro groups is 1. The topological polar surface area (TPSA) is 66.0 Å². The molecule has 0 heterocycles. The van der Waals surface area contributed by atoms with Crippen LogP contribution < -0.4 is 14.4 Å². The molecule has 2 rings (SSSR count). The zero-order chi connectivity index (χ0) is 17.0. The molecule has 6 nitrogen and oxygen atoms in total. The fourth-order valence-corrected chi connectivity index (χ4v) is 1.97. The number of quaternary nitrogens is 1. The maximum Gasteiger partial charge on any atom is 0.285 e. The van der Waals surface area contributed by atoms with Gasteiger partial charge in [0.15, 0.2) is 0 Å². The average molecular weight is 334 g/mol. The summed E-state index contributed by atoms with van der Waals surface area (Å²) in [5, 5.41) is 9.31. The highest BCUT2D eigenvalue weighted by atomic mass is 32.1. The van der Waals surface area contributed by atoms with E-state index in [0.29, 0.717) is 11.5 Å². The van der Waals surface area contributed by atoms with E-state index in [1.54, 1.807) is 0 Å². The highest BCUT2D eigenvalue weighted by Crippen LogP contribution is 2.22.